The Kier molecular flexibility index (Phi) is 3.29. The Morgan fingerprint density at radius 1 is 1.41 bits per heavy atom. The van der Waals surface area contributed by atoms with Crippen molar-refractivity contribution in [2.45, 2.75) is 38.8 Å². The second-order valence-corrected chi connectivity index (χ2v) is 5.20. The Morgan fingerprint density at radius 2 is 1.94 bits per heavy atom. The Hall–Kier alpha value is -1.43. The summed E-state index contributed by atoms with van der Waals surface area (Å²) in [6, 6.07) is 0. The molecule has 0 saturated carbocycles. The lowest BCUT2D eigenvalue weighted by atomic mass is 9.94. The molecule has 3 amide bonds. The zero-order chi connectivity index (χ0) is 13.4. The SMILES string of the molecule is CNC(C)(C)C(=O)N1CC(=O)NC(=O)C1(C)C. The van der Waals surface area contributed by atoms with Crippen LogP contribution in [-0.4, -0.2) is 47.3 Å². The molecule has 0 radical (unpaired) electrons. The molecular formula is C11H19N3O3. The van der Waals surface area contributed by atoms with Crippen molar-refractivity contribution in [1.82, 2.24) is 15.5 Å². The first-order chi connectivity index (χ1) is 7.63. The number of carbonyl (C=O) groups excluding carboxylic acids is 3. The van der Waals surface area contributed by atoms with Gasteiger partial charge in [-0.1, -0.05) is 0 Å². The Bertz CT molecular complexity index is 374. The highest BCUT2D eigenvalue weighted by Gasteiger charge is 2.46. The third-order valence-electron chi connectivity index (χ3n) is 3.19. The van der Waals surface area contributed by atoms with Crippen LogP contribution in [-0.2, 0) is 14.4 Å². The maximum absolute atomic E-state index is 12.3. The molecule has 96 valence electrons. The van der Waals surface area contributed by atoms with Gasteiger partial charge in [0.2, 0.25) is 11.8 Å². The minimum atomic E-state index is -1.01. The summed E-state index contributed by atoms with van der Waals surface area (Å²) >= 11 is 0. The molecule has 0 atom stereocenters. The van der Waals surface area contributed by atoms with E-state index in [4.69, 9.17) is 0 Å². The van der Waals surface area contributed by atoms with Crippen LogP contribution in [0.1, 0.15) is 27.7 Å². The van der Waals surface area contributed by atoms with Crippen molar-refractivity contribution in [1.29, 1.82) is 0 Å². The van der Waals surface area contributed by atoms with Crippen molar-refractivity contribution in [3.05, 3.63) is 0 Å². The topological polar surface area (TPSA) is 78.5 Å². The number of carbonyl (C=O) groups is 3. The van der Waals surface area contributed by atoms with Gasteiger partial charge in [-0.05, 0) is 34.7 Å². The largest absolute Gasteiger partial charge is 0.318 e. The molecule has 1 saturated heterocycles. The van der Waals surface area contributed by atoms with Gasteiger partial charge in [0.05, 0.1) is 5.54 Å². The van der Waals surface area contributed by atoms with Gasteiger partial charge in [0.15, 0.2) is 0 Å². The number of rotatable bonds is 2. The highest BCUT2D eigenvalue weighted by molar-refractivity contribution is 6.07. The van der Waals surface area contributed by atoms with E-state index in [1.807, 2.05) is 0 Å². The van der Waals surface area contributed by atoms with Crippen molar-refractivity contribution < 1.29 is 14.4 Å². The molecule has 0 aromatic heterocycles. The van der Waals surface area contributed by atoms with Crippen molar-refractivity contribution in [2.75, 3.05) is 13.6 Å². The number of amides is 3. The molecule has 1 aliphatic heterocycles. The van der Waals surface area contributed by atoms with Gasteiger partial charge in [0.25, 0.3) is 5.91 Å². The highest BCUT2D eigenvalue weighted by Crippen LogP contribution is 2.21. The van der Waals surface area contributed by atoms with Crippen LogP contribution in [0, 0.1) is 0 Å². The van der Waals surface area contributed by atoms with Gasteiger partial charge in [-0.2, -0.15) is 0 Å². The molecule has 0 spiro atoms. The van der Waals surface area contributed by atoms with E-state index < -0.39 is 22.9 Å². The van der Waals surface area contributed by atoms with Gasteiger partial charge in [0, 0.05) is 0 Å². The maximum atomic E-state index is 12.3. The zero-order valence-corrected chi connectivity index (χ0v) is 10.9. The smallest absolute Gasteiger partial charge is 0.252 e. The summed E-state index contributed by atoms with van der Waals surface area (Å²) in [6.07, 6.45) is 0. The molecule has 0 aliphatic carbocycles. The lowest BCUT2D eigenvalue weighted by Gasteiger charge is -2.43. The van der Waals surface area contributed by atoms with E-state index in [2.05, 4.69) is 10.6 Å². The number of imide groups is 1. The zero-order valence-electron chi connectivity index (χ0n) is 10.9. The highest BCUT2D eigenvalue weighted by atomic mass is 16.2. The first-order valence-corrected chi connectivity index (χ1v) is 5.48. The van der Waals surface area contributed by atoms with Crippen molar-refractivity contribution >= 4 is 17.7 Å². The van der Waals surface area contributed by atoms with E-state index in [-0.39, 0.29) is 12.5 Å². The quantitative estimate of drug-likeness (QED) is 0.623. The van der Waals surface area contributed by atoms with Crippen molar-refractivity contribution in [3.8, 4) is 0 Å². The lowest BCUT2D eigenvalue weighted by Crippen LogP contribution is -2.69. The normalized spacial score (nSPS) is 20.2. The van der Waals surface area contributed by atoms with E-state index in [1.165, 1.54) is 4.90 Å². The molecule has 17 heavy (non-hydrogen) atoms. The summed E-state index contributed by atoms with van der Waals surface area (Å²) in [6.45, 7) is 6.57. The van der Waals surface area contributed by atoms with Gasteiger partial charge < -0.3 is 10.2 Å². The van der Waals surface area contributed by atoms with Gasteiger partial charge in [0.1, 0.15) is 12.1 Å². The molecule has 0 unspecified atom stereocenters. The predicted molar refractivity (Wildman–Crippen MR) is 62.1 cm³/mol. The number of nitrogens with zero attached hydrogens (tertiary/aromatic N) is 1. The van der Waals surface area contributed by atoms with E-state index in [0.717, 1.165) is 0 Å². The fraction of sp³-hybridized carbons (Fsp3) is 0.727. The molecule has 0 bridgehead atoms. The van der Waals surface area contributed by atoms with E-state index >= 15 is 0 Å². The number of nitrogens with one attached hydrogen (secondary N) is 2. The summed E-state index contributed by atoms with van der Waals surface area (Å²) in [5.41, 5.74) is -1.83. The average Bonchev–Trinajstić information content (AvgIpc) is 2.22. The fourth-order valence-corrected chi connectivity index (χ4v) is 1.55. The van der Waals surface area contributed by atoms with Crippen LogP contribution in [0.15, 0.2) is 0 Å². The van der Waals surface area contributed by atoms with Crippen LogP contribution >= 0.6 is 0 Å². The molecule has 6 nitrogen and oxygen atoms in total. The molecule has 1 aliphatic rings. The average molecular weight is 241 g/mol. The molecule has 0 aromatic carbocycles. The minimum absolute atomic E-state index is 0.0946. The second-order valence-electron chi connectivity index (χ2n) is 5.20. The van der Waals surface area contributed by atoms with Crippen LogP contribution in [0.3, 0.4) is 0 Å². The number of likely N-dealkylation sites (N-methyl/N-ethyl adjacent to an activating group) is 1. The third-order valence-corrected chi connectivity index (χ3v) is 3.19. The summed E-state index contributed by atoms with van der Waals surface area (Å²) in [5, 5.41) is 5.10. The van der Waals surface area contributed by atoms with Crippen LogP contribution in [0.4, 0.5) is 0 Å². The molecule has 1 fully saturated rings. The molecule has 0 aromatic rings. The van der Waals surface area contributed by atoms with Gasteiger partial charge in [-0.3, -0.25) is 19.7 Å². The van der Waals surface area contributed by atoms with Crippen LogP contribution in [0.5, 0.6) is 0 Å². The Morgan fingerprint density at radius 3 is 2.41 bits per heavy atom. The minimum Gasteiger partial charge on any atom is -0.318 e. The standard InChI is InChI=1S/C11H19N3O3/c1-10(2,12-5)9(17)14-6-7(15)13-8(16)11(14,3)4/h12H,6H2,1-5H3,(H,13,15,16). The predicted octanol–water partition coefficient (Wildman–Crippen LogP) is -0.752. The molecule has 6 heteroatoms. The maximum Gasteiger partial charge on any atom is 0.252 e. The summed E-state index contributed by atoms with van der Waals surface area (Å²) in [5.74, 6) is -1.17. The van der Waals surface area contributed by atoms with E-state index in [0.29, 0.717) is 0 Å². The molecule has 1 rings (SSSR count). The number of piperazine rings is 1. The molecule has 1 heterocycles. The van der Waals surface area contributed by atoms with Crippen molar-refractivity contribution in [2.24, 2.45) is 0 Å². The Labute approximate surface area is 101 Å². The summed E-state index contributed by atoms with van der Waals surface area (Å²) < 4.78 is 0. The third kappa shape index (κ3) is 2.31. The van der Waals surface area contributed by atoms with Crippen LogP contribution in [0.25, 0.3) is 0 Å². The number of hydrogen-bond donors (Lipinski definition) is 2. The number of hydrogen-bond acceptors (Lipinski definition) is 4. The fourth-order valence-electron chi connectivity index (χ4n) is 1.55. The van der Waals surface area contributed by atoms with Crippen molar-refractivity contribution in [3.63, 3.8) is 0 Å². The summed E-state index contributed by atoms with van der Waals surface area (Å²) in [7, 11) is 1.66. The lowest BCUT2D eigenvalue weighted by molar-refractivity contribution is -0.158. The Balaban J connectivity index is 3.06. The van der Waals surface area contributed by atoms with Crippen LogP contribution in [0.2, 0.25) is 0 Å². The first kappa shape index (κ1) is 13.6. The molecule has 2 N–H and O–H groups in total. The van der Waals surface area contributed by atoms with Gasteiger partial charge in [-0.25, -0.2) is 0 Å². The van der Waals surface area contributed by atoms with E-state index in [9.17, 15) is 14.4 Å². The second kappa shape index (κ2) is 4.10. The monoisotopic (exact) mass is 241 g/mol. The van der Waals surface area contributed by atoms with Crippen LogP contribution < -0.4 is 10.6 Å². The van der Waals surface area contributed by atoms with Gasteiger partial charge in [-0.15, -0.1) is 0 Å². The summed E-state index contributed by atoms with van der Waals surface area (Å²) in [4.78, 5) is 36.7. The van der Waals surface area contributed by atoms with Gasteiger partial charge >= 0.3 is 0 Å². The first-order valence-electron chi connectivity index (χ1n) is 5.48. The molecular weight excluding hydrogens is 222 g/mol. The van der Waals surface area contributed by atoms with E-state index in [1.54, 1.807) is 34.7 Å².